The molecular weight excluding hydrogens is 321 g/mol. The third-order valence-electron chi connectivity index (χ3n) is 3.53. The maximum atomic E-state index is 13.5. The third-order valence-corrected chi connectivity index (χ3v) is 4.93. The summed E-state index contributed by atoms with van der Waals surface area (Å²) in [6.07, 6.45) is 0. The lowest BCUT2D eigenvalue weighted by Crippen LogP contribution is -2.24. The summed E-state index contributed by atoms with van der Waals surface area (Å²) in [7, 11) is -3.72. The lowest BCUT2D eigenvalue weighted by molar-refractivity contribution is 0.171. The molecule has 1 N–H and O–H groups in total. The average Bonchev–Trinajstić information content (AvgIpc) is 2.55. The fraction of sp³-hybridized carbons (Fsp3) is 0.250. The van der Waals surface area contributed by atoms with E-state index in [4.69, 9.17) is 9.47 Å². The van der Waals surface area contributed by atoms with Gasteiger partial charge in [-0.15, -0.1) is 0 Å². The maximum Gasteiger partial charge on any atom is 0.241 e. The second-order valence-corrected chi connectivity index (χ2v) is 6.98. The summed E-state index contributed by atoms with van der Waals surface area (Å²) >= 11 is 0. The number of hydrogen-bond donors (Lipinski definition) is 1. The largest absolute Gasteiger partial charge is 0.486 e. The van der Waals surface area contributed by atoms with Crippen molar-refractivity contribution < 1.29 is 22.3 Å². The molecule has 0 saturated carbocycles. The highest BCUT2D eigenvalue weighted by molar-refractivity contribution is 7.89. The number of ether oxygens (including phenoxy) is 2. The van der Waals surface area contributed by atoms with Gasteiger partial charge in [0.2, 0.25) is 10.0 Å². The molecule has 1 heterocycles. The summed E-state index contributed by atoms with van der Waals surface area (Å²) in [5.74, 6) is 0.567. The lowest BCUT2D eigenvalue weighted by Gasteiger charge is -2.19. The van der Waals surface area contributed by atoms with Crippen LogP contribution in [0.5, 0.6) is 11.5 Å². The number of fused-ring (bicyclic) bond motifs is 1. The molecule has 2 aromatic rings. The van der Waals surface area contributed by atoms with E-state index in [1.165, 1.54) is 18.2 Å². The Labute approximate surface area is 134 Å². The van der Waals surface area contributed by atoms with Gasteiger partial charge in [-0.1, -0.05) is 12.1 Å². The van der Waals surface area contributed by atoms with Crippen molar-refractivity contribution in [3.63, 3.8) is 0 Å². The second-order valence-electron chi connectivity index (χ2n) is 5.21. The molecule has 2 aromatic carbocycles. The van der Waals surface area contributed by atoms with Crippen LogP contribution in [-0.4, -0.2) is 21.6 Å². The molecule has 0 unspecified atom stereocenters. The summed E-state index contributed by atoms with van der Waals surface area (Å²) in [5, 5.41) is 0. The van der Waals surface area contributed by atoms with Crippen molar-refractivity contribution in [3.8, 4) is 11.5 Å². The van der Waals surface area contributed by atoms with Crippen molar-refractivity contribution in [1.29, 1.82) is 0 Å². The van der Waals surface area contributed by atoms with Crippen LogP contribution >= 0.6 is 0 Å². The van der Waals surface area contributed by atoms with E-state index in [1.54, 1.807) is 25.1 Å². The van der Waals surface area contributed by atoms with Crippen LogP contribution in [0, 0.1) is 12.7 Å². The Morgan fingerprint density at radius 2 is 1.83 bits per heavy atom. The first-order valence-electron chi connectivity index (χ1n) is 7.10. The minimum absolute atomic E-state index is 0.00791. The summed E-state index contributed by atoms with van der Waals surface area (Å²) in [4.78, 5) is 0.0781. The van der Waals surface area contributed by atoms with Crippen LogP contribution in [0.4, 0.5) is 4.39 Å². The predicted molar refractivity (Wildman–Crippen MR) is 82.6 cm³/mol. The highest BCUT2D eigenvalue weighted by atomic mass is 32.2. The quantitative estimate of drug-likeness (QED) is 0.930. The van der Waals surface area contributed by atoms with Crippen LogP contribution in [-0.2, 0) is 16.6 Å². The first-order chi connectivity index (χ1) is 11.0. The van der Waals surface area contributed by atoms with Gasteiger partial charge in [0.05, 0.1) is 4.90 Å². The highest BCUT2D eigenvalue weighted by Gasteiger charge is 2.19. The van der Waals surface area contributed by atoms with Crippen molar-refractivity contribution in [2.24, 2.45) is 0 Å². The van der Waals surface area contributed by atoms with Crippen molar-refractivity contribution in [2.75, 3.05) is 13.2 Å². The van der Waals surface area contributed by atoms with E-state index < -0.39 is 10.0 Å². The molecule has 7 heteroatoms. The first kappa shape index (κ1) is 15.8. The number of halogens is 1. The van der Waals surface area contributed by atoms with E-state index in [9.17, 15) is 12.8 Å². The molecule has 0 spiro atoms. The van der Waals surface area contributed by atoms with Gasteiger partial charge < -0.3 is 9.47 Å². The summed E-state index contributed by atoms with van der Waals surface area (Å²) in [6.45, 7) is 2.48. The molecule has 122 valence electrons. The monoisotopic (exact) mass is 337 g/mol. The maximum absolute atomic E-state index is 13.5. The Morgan fingerprint density at radius 1 is 1.09 bits per heavy atom. The molecule has 0 saturated heterocycles. The minimum atomic E-state index is -3.72. The van der Waals surface area contributed by atoms with Gasteiger partial charge in [0.1, 0.15) is 19.0 Å². The van der Waals surface area contributed by atoms with Crippen molar-refractivity contribution in [2.45, 2.75) is 18.4 Å². The van der Waals surface area contributed by atoms with Crippen molar-refractivity contribution in [3.05, 3.63) is 53.3 Å². The normalized spacial score (nSPS) is 13.8. The molecule has 0 bridgehead atoms. The molecular formula is C16H16FNO4S. The van der Waals surface area contributed by atoms with Crippen molar-refractivity contribution >= 4 is 10.0 Å². The standard InChI is InChI=1S/C16H16FNO4S/c1-11-2-3-12(8-14(11)17)10-18-23(19,20)13-4-5-15-16(9-13)22-7-6-21-15/h2-5,8-9,18H,6-7,10H2,1H3. The van der Waals surface area contributed by atoms with Gasteiger partial charge in [-0.25, -0.2) is 17.5 Å². The molecule has 3 rings (SSSR count). The van der Waals surface area contributed by atoms with Crippen LogP contribution in [0.1, 0.15) is 11.1 Å². The minimum Gasteiger partial charge on any atom is -0.486 e. The van der Waals surface area contributed by atoms with Crippen LogP contribution < -0.4 is 14.2 Å². The van der Waals surface area contributed by atoms with Crippen LogP contribution in [0.3, 0.4) is 0 Å². The number of benzene rings is 2. The van der Waals surface area contributed by atoms with Crippen LogP contribution in [0.15, 0.2) is 41.3 Å². The van der Waals surface area contributed by atoms with E-state index in [0.29, 0.717) is 35.8 Å². The Hall–Kier alpha value is -2.12. The van der Waals surface area contributed by atoms with Gasteiger partial charge in [0, 0.05) is 12.6 Å². The molecule has 0 aliphatic carbocycles. The van der Waals surface area contributed by atoms with Crippen LogP contribution in [0.25, 0.3) is 0 Å². The fourth-order valence-electron chi connectivity index (χ4n) is 2.20. The topological polar surface area (TPSA) is 64.6 Å². The van der Waals surface area contributed by atoms with Gasteiger partial charge in [0.25, 0.3) is 0 Å². The van der Waals surface area contributed by atoms with E-state index >= 15 is 0 Å². The van der Waals surface area contributed by atoms with Gasteiger partial charge in [-0.2, -0.15) is 0 Å². The van der Waals surface area contributed by atoms with Gasteiger partial charge in [0.15, 0.2) is 11.5 Å². The zero-order chi connectivity index (χ0) is 16.4. The molecule has 1 aliphatic rings. The smallest absolute Gasteiger partial charge is 0.241 e. The zero-order valence-corrected chi connectivity index (χ0v) is 13.3. The van der Waals surface area contributed by atoms with E-state index in [-0.39, 0.29) is 17.3 Å². The predicted octanol–water partition coefficient (Wildman–Crippen LogP) is 2.38. The molecule has 0 fully saturated rings. The zero-order valence-electron chi connectivity index (χ0n) is 12.5. The highest BCUT2D eigenvalue weighted by Crippen LogP contribution is 2.32. The summed E-state index contributed by atoms with van der Waals surface area (Å²) in [5.41, 5.74) is 1.07. The molecule has 0 amide bonds. The second kappa shape index (κ2) is 6.17. The van der Waals surface area contributed by atoms with E-state index in [1.807, 2.05) is 0 Å². The lowest BCUT2D eigenvalue weighted by atomic mass is 10.1. The fourth-order valence-corrected chi connectivity index (χ4v) is 3.23. The molecule has 0 aromatic heterocycles. The van der Waals surface area contributed by atoms with Crippen LogP contribution in [0.2, 0.25) is 0 Å². The van der Waals surface area contributed by atoms with E-state index in [0.717, 1.165) is 0 Å². The number of aryl methyl sites for hydroxylation is 1. The van der Waals surface area contributed by atoms with Gasteiger partial charge >= 0.3 is 0 Å². The molecule has 0 radical (unpaired) electrons. The molecule has 0 atom stereocenters. The van der Waals surface area contributed by atoms with E-state index in [2.05, 4.69) is 4.72 Å². The Kier molecular flexibility index (Phi) is 4.23. The van der Waals surface area contributed by atoms with Gasteiger partial charge in [-0.3, -0.25) is 0 Å². The average molecular weight is 337 g/mol. The molecule has 5 nitrogen and oxygen atoms in total. The summed E-state index contributed by atoms with van der Waals surface area (Å²) < 4.78 is 51.4. The van der Waals surface area contributed by atoms with Crippen molar-refractivity contribution in [1.82, 2.24) is 4.72 Å². The SMILES string of the molecule is Cc1ccc(CNS(=O)(=O)c2ccc3c(c2)OCCO3)cc1F. The Morgan fingerprint density at radius 3 is 2.57 bits per heavy atom. The summed E-state index contributed by atoms with van der Waals surface area (Å²) in [6, 6.07) is 9.06. The number of hydrogen-bond acceptors (Lipinski definition) is 4. The number of nitrogens with one attached hydrogen (secondary N) is 1. The van der Waals surface area contributed by atoms with Gasteiger partial charge in [-0.05, 0) is 36.2 Å². The molecule has 23 heavy (non-hydrogen) atoms. The number of sulfonamides is 1. The molecule has 1 aliphatic heterocycles. The number of rotatable bonds is 4. The Bertz CT molecular complexity index is 836. The third kappa shape index (κ3) is 3.46. The first-order valence-corrected chi connectivity index (χ1v) is 8.58. The Balaban J connectivity index is 1.77.